The van der Waals surface area contributed by atoms with Crippen molar-refractivity contribution in [1.82, 2.24) is 10.3 Å². The Bertz CT molecular complexity index is 505. The number of aromatic nitrogens is 1. The van der Waals surface area contributed by atoms with Gasteiger partial charge in [0.15, 0.2) is 0 Å². The molecule has 18 heavy (non-hydrogen) atoms. The van der Waals surface area contributed by atoms with E-state index in [2.05, 4.69) is 42.3 Å². The standard InChI is InChI=1S/C15H20N2S/c1-4-12-5-6-13(18-12)9-15(16-3)14-7-8-17-10-11(14)2/h5-8,10,15-16H,4,9H2,1-3H3. The van der Waals surface area contributed by atoms with Gasteiger partial charge in [-0.05, 0) is 49.7 Å². The third kappa shape index (κ3) is 2.98. The fraction of sp³-hybridized carbons (Fsp3) is 0.400. The van der Waals surface area contributed by atoms with Gasteiger partial charge in [0.25, 0.3) is 0 Å². The van der Waals surface area contributed by atoms with Crippen molar-refractivity contribution in [2.75, 3.05) is 7.05 Å². The van der Waals surface area contributed by atoms with Crippen LogP contribution in [-0.4, -0.2) is 12.0 Å². The van der Waals surface area contributed by atoms with Crippen molar-refractivity contribution in [1.29, 1.82) is 0 Å². The highest BCUT2D eigenvalue weighted by Gasteiger charge is 2.13. The molecule has 2 rings (SSSR count). The number of nitrogens with one attached hydrogen (secondary N) is 1. The van der Waals surface area contributed by atoms with Crippen molar-refractivity contribution in [3.63, 3.8) is 0 Å². The Kier molecular flexibility index (Phi) is 4.50. The molecule has 2 heterocycles. The summed E-state index contributed by atoms with van der Waals surface area (Å²) in [7, 11) is 2.03. The van der Waals surface area contributed by atoms with Gasteiger partial charge in [0, 0.05) is 34.6 Å². The minimum Gasteiger partial charge on any atom is -0.313 e. The average Bonchev–Trinajstić information content (AvgIpc) is 2.85. The van der Waals surface area contributed by atoms with Crippen LogP contribution in [0, 0.1) is 6.92 Å². The molecule has 0 spiro atoms. The molecule has 0 aliphatic carbocycles. The Morgan fingerprint density at radius 1 is 1.28 bits per heavy atom. The molecule has 2 aromatic heterocycles. The van der Waals surface area contributed by atoms with E-state index < -0.39 is 0 Å². The van der Waals surface area contributed by atoms with Crippen LogP contribution in [0.25, 0.3) is 0 Å². The van der Waals surface area contributed by atoms with E-state index in [1.807, 2.05) is 30.8 Å². The zero-order chi connectivity index (χ0) is 13.0. The predicted octanol–water partition coefficient (Wildman–Crippen LogP) is 3.52. The first-order chi connectivity index (χ1) is 8.74. The molecule has 3 heteroatoms. The van der Waals surface area contributed by atoms with E-state index in [0.29, 0.717) is 6.04 Å². The van der Waals surface area contributed by atoms with Gasteiger partial charge < -0.3 is 5.32 Å². The smallest absolute Gasteiger partial charge is 0.0370 e. The summed E-state index contributed by atoms with van der Waals surface area (Å²) in [5, 5.41) is 3.41. The number of rotatable bonds is 5. The van der Waals surface area contributed by atoms with Gasteiger partial charge in [0.05, 0.1) is 0 Å². The third-order valence-electron chi connectivity index (χ3n) is 3.26. The second-order valence-electron chi connectivity index (χ2n) is 4.50. The summed E-state index contributed by atoms with van der Waals surface area (Å²) in [6.45, 7) is 4.33. The Balaban J connectivity index is 2.17. The molecule has 0 aliphatic heterocycles. The van der Waals surface area contributed by atoms with Gasteiger partial charge in [0.2, 0.25) is 0 Å². The van der Waals surface area contributed by atoms with Gasteiger partial charge in [-0.2, -0.15) is 0 Å². The normalized spacial score (nSPS) is 12.6. The number of likely N-dealkylation sites (N-methyl/N-ethyl adjacent to an activating group) is 1. The highest BCUT2D eigenvalue weighted by Crippen LogP contribution is 2.25. The molecule has 0 saturated carbocycles. The zero-order valence-corrected chi connectivity index (χ0v) is 12.1. The summed E-state index contributed by atoms with van der Waals surface area (Å²) in [5.41, 5.74) is 2.60. The topological polar surface area (TPSA) is 24.9 Å². The van der Waals surface area contributed by atoms with Crippen molar-refractivity contribution < 1.29 is 0 Å². The molecule has 1 atom stereocenters. The fourth-order valence-corrected chi connectivity index (χ4v) is 3.17. The highest BCUT2D eigenvalue weighted by molar-refractivity contribution is 7.11. The number of hydrogen-bond donors (Lipinski definition) is 1. The average molecular weight is 260 g/mol. The van der Waals surface area contributed by atoms with Gasteiger partial charge in [-0.1, -0.05) is 6.92 Å². The molecule has 0 aliphatic rings. The largest absolute Gasteiger partial charge is 0.313 e. The molecule has 1 N–H and O–H groups in total. The van der Waals surface area contributed by atoms with Gasteiger partial charge in [-0.3, -0.25) is 4.98 Å². The summed E-state index contributed by atoms with van der Waals surface area (Å²) in [5.74, 6) is 0. The molecule has 0 bridgehead atoms. The van der Waals surface area contributed by atoms with Gasteiger partial charge in [0.1, 0.15) is 0 Å². The molecule has 2 aromatic rings. The second-order valence-corrected chi connectivity index (χ2v) is 5.75. The van der Waals surface area contributed by atoms with Gasteiger partial charge in [-0.25, -0.2) is 0 Å². The lowest BCUT2D eigenvalue weighted by Gasteiger charge is -2.17. The lowest BCUT2D eigenvalue weighted by molar-refractivity contribution is 0.592. The first-order valence-corrected chi connectivity index (χ1v) is 7.21. The molecule has 0 fully saturated rings. The van der Waals surface area contributed by atoms with E-state index in [1.54, 1.807) is 0 Å². The molecular formula is C15H20N2S. The van der Waals surface area contributed by atoms with Crippen molar-refractivity contribution in [3.05, 3.63) is 51.5 Å². The molecule has 0 aromatic carbocycles. The minimum atomic E-state index is 0.372. The first-order valence-electron chi connectivity index (χ1n) is 6.40. The number of nitrogens with zero attached hydrogens (tertiary/aromatic N) is 1. The van der Waals surface area contributed by atoms with Crippen LogP contribution in [0.1, 0.15) is 33.8 Å². The Labute approximate surface area is 113 Å². The van der Waals surface area contributed by atoms with Crippen molar-refractivity contribution in [2.24, 2.45) is 0 Å². The maximum absolute atomic E-state index is 4.16. The SMILES string of the molecule is CCc1ccc(CC(NC)c2ccncc2C)s1. The molecule has 2 nitrogen and oxygen atoms in total. The summed E-state index contributed by atoms with van der Waals surface area (Å²) < 4.78 is 0. The summed E-state index contributed by atoms with van der Waals surface area (Å²) >= 11 is 1.92. The molecule has 1 unspecified atom stereocenters. The van der Waals surface area contributed by atoms with Crippen LogP contribution < -0.4 is 5.32 Å². The Morgan fingerprint density at radius 2 is 2.06 bits per heavy atom. The number of thiophene rings is 1. The van der Waals surface area contributed by atoms with Crippen LogP contribution in [0.3, 0.4) is 0 Å². The summed E-state index contributed by atoms with van der Waals surface area (Å²) in [6, 6.07) is 6.98. The van der Waals surface area contributed by atoms with E-state index in [0.717, 1.165) is 12.8 Å². The maximum Gasteiger partial charge on any atom is 0.0370 e. The second kappa shape index (κ2) is 6.12. The van der Waals surface area contributed by atoms with Crippen molar-refractivity contribution >= 4 is 11.3 Å². The highest BCUT2D eigenvalue weighted by atomic mass is 32.1. The summed E-state index contributed by atoms with van der Waals surface area (Å²) in [4.78, 5) is 7.07. The number of pyridine rings is 1. The van der Waals surface area contributed by atoms with Gasteiger partial charge >= 0.3 is 0 Å². The maximum atomic E-state index is 4.16. The zero-order valence-electron chi connectivity index (χ0n) is 11.2. The van der Waals surface area contributed by atoms with Crippen molar-refractivity contribution in [2.45, 2.75) is 32.7 Å². The molecule has 0 amide bonds. The predicted molar refractivity (Wildman–Crippen MR) is 78.2 cm³/mol. The lowest BCUT2D eigenvalue weighted by Crippen LogP contribution is -2.19. The van der Waals surface area contributed by atoms with Crippen LogP contribution in [0.2, 0.25) is 0 Å². The Hall–Kier alpha value is -1.19. The fourth-order valence-electron chi connectivity index (χ4n) is 2.17. The molecule has 96 valence electrons. The van der Waals surface area contributed by atoms with E-state index in [1.165, 1.54) is 20.9 Å². The third-order valence-corrected chi connectivity index (χ3v) is 4.51. The minimum absolute atomic E-state index is 0.372. The van der Waals surface area contributed by atoms with Crippen LogP contribution >= 0.6 is 11.3 Å². The summed E-state index contributed by atoms with van der Waals surface area (Å²) in [6.07, 6.45) is 5.99. The Morgan fingerprint density at radius 3 is 2.67 bits per heavy atom. The molecular weight excluding hydrogens is 240 g/mol. The molecule has 0 saturated heterocycles. The van der Waals surface area contributed by atoms with Gasteiger partial charge in [-0.15, -0.1) is 11.3 Å². The van der Waals surface area contributed by atoms with E-state index >= 15 is 0 Å². The number of hydrogen-bond acceptors (Lipinski definition) is 3. The van der Waals surface area contributed by atoms with Crippen LogP contribution in [-0.2, 0) is 12.8 Å². The van der Waals surface area contributed by atoms with E-state index in [9.17, 15) is 0 Å². The lowest BCUT2D eigenvalue weighted by atomic mass is 10.0. The van der Waals surface area contributed by atoms with Crippen LogP contribution in [0.5, 0.6) is 0 Å². The quantitative estimate of drug-likeness (QED) is 0.889. The van der Waals surface area contributed by atoms with Crippen molar-refractivity contribution in [3.8, 4) is 0 Å². The van der Waals surface area contributed by atoms with E-state index in [4.69, 9.17) is 0 Å². The number of aryl methyl sites for hydroxylation is 2. The monoisotopic (exact) mass is 260 g/mol. The van der Waals surface area contributed by atoms with Crippen LogP contribution in [0.15, 0.2) is 30.6 Å². The van der Waals surface area contributed by atoms with E-state index in [-0.39, 0.29) is 0 Å². The van der Waals surface area contributed by atoms with Crippen LogP contribution in [0.4, 0.5) is 0 Å². The molecule has 0 radical (unpaired) electrons. The first kappa shape index (κ1) is 13.2.